The highest BCUT2D eigenvalue weighted by Gasteiger charge is 2.16. The van der Waals surface area contributed by atoms with E-state index in [9.17, 15) is 9.59 Å². The summed E-state index contributed by atoms with van der Waals surface area (Å²) in [5, 5.41) is 8.42. The van der Waals surface area contributed by atoms with Crippen LogP contribution in [0.1, 0.15) is 10.4 Å². The molecule has 1 rings (SSSR count). The summed E-state index contributed by atoms with van der Waals surface area (Å²) in [6, 6.07) is 8.19. The van der Waals surface area contributed by atoms with E-state index in [2.05, 4.69) is 0 Å². The van der Waals surface area contributed by atoms with E-state index in [1.807, 2.05) is 0 Å². The van der Waals surface area contributed by atoms with Crippen molar-refractivity contribution in [3.05, 3.63) is 35.9 Å². The van der Waals surface area contributed by atoms with E-state index in [1.165, 1.54) is 0 Å². The summed E-state index contributed by atoms with van der Waals surface area (Å²) in [7, 11) is 0. The first-order chi connectivity index (χ1) is 8.25. The fraction of sp³-hybridized carbons (Fsp3) is 0.333. The van der Waals surface area contributed by atoms with Gasteiger partial charge in [-0.3, -0.25) is 4.79 Å². The van der Waals surface area contributed by atoms with Crippen LogP contribution >= 0.6 is 0 Å². The third-order valence-electron chi connectivity index (χ3n) is 1.92. The van der Waals surface area contributed by atoms with Gasteiger partial charge >= 0.3 is 5.97 Å². The van der Waals surface area contributed by atoms with Crippen molar-refractivity contribution in [2.24, 2.45) is 0 Å². The summed E-state index contributed by atoms with van der Waals surface area (Å²) in [6.07, 6.45) is 0. The lowest BCUT2D eigenvalue weighted by Gasteiger charge is -2.04. The first-order valence-electron chi connectivity index (χ1n) is 5.21. The second kappa shape index (κ2) is 7.54. The number of hydrogen-bond acceptors (Lipinski definition) is 5. The Morgan fingerprint density at radius 2 is 1.76 bits per heavy atom. The monoisotopic (exact) mass is 238 g/mol. The molecule has 0 atom stereocenters. The molecule has 0 spiro atoms. The maximum Gasteiger partial charge on any atom is 0.379 e. The number of carbonyl (C=O) groups excluding carboxylic acids is 2. The number of carbonyl (C=O) groups is 2. The van der Waals surface area contributed by atoms with Crippen molar-refractivity contribution in [1.29, 1.82) is 0 Å². The molecule has 0 fully saturated rings. The van der Waals surface area contributed by atoms with Crippen molar-refractivity contribution in [3.8, 4) is 0 Å². The molecule has 5 nitrogen and oxygen atoms in total. The summed E-state index contributed by atoms with van der Waals surface area (Å²) in [5.74, 6) is -1.57. The highest BCUT2D eigenvalue weighted by molar-refractivity contribution is 6.40. The molecule has 0 bridgehead atoms. The zero-order chi connectivity index (χ0) is 12.5. The molecule has 0 aromatic heterocycles. The van der Waals surface area contributed by atoms with Crippen LogP contribution in [0.15, 0.2) is 30.3 Å². The van der Waals surface area contributed by atoms with E-state index >= 15 is 0 Å². The Hall–Kier alpha value is -1.72. The van der Waals surface area contributed by atoms with Gasteiger partial charge in [-0.25, -0.2) is 4.79 Å². The second-order valence-electron chi connectivity index (χ2n) is 3.17. The predicted octanol–water partition coefficient (Wildman–Crippen LogP) is 0.421. The molecule has 1 N–H and O–H groups in total. The van der Waals surface area contributed by atoms with Crippen LogP contribution in [0.4, 0.5) is 0 Å². The van der Waals surface area contributed by atoms with Gasteiger partial charge < -0.3 is 14.6 Å². The lowest BCUT2D eigenvalue weighted by molar-refractivity contribution is -0.139. The number of aliphatic hydroxyl groups is 1. The molecule has 0 radical (unpaired) electrons. The minimum atomic E-state index is -0.899. The Labute approximate surface area is 99.0 Å². The normalized spacial score (nSPS) is 9.94. The van der Waals surface area contributed by atoms with Gasteiger partial charge in [-0.05, 0) is 0 Å². The summed E-state index contributed by atoms with van der Waals surface area (Å²) in [5.41, 5.74) is 0.300. The number of rotatable bonds is 7. The second-order valence-corrected chi connectivity index (χ2v) is 3.17. The van der Waals surface area contributed by atoms with Crippen molar-refractivity contribution in [3.63, 3.8) is 0 Å². The summed E-state index contributed by atoms with van der Waals surface area (Å²) >= 11 is 0. The highest BCUT2D eigenvalue weighted by atomic mass is 16.6. The fourth-order valence-corrected chi connectivity index (χ4v) is 1.13. The highest BCUT2D eigenvalue weighted by Crippen LogP contribution is 2.01. The van der Waals surface area contributed by atoms with Crippen LogP contribution in [-0.2, 0) is 14.3 Å². The van der Waals surface area contributed by atoms with Gasteiger partial charge in [0, 0.05) is 5.56 Å². The maximum absolute atomic E-state index is 11.5. The number of hydrogen-bond donors (Lipinski definition) is 1. The zero-order valence-corrected chi connectivity index (χ0v) is 9.30. The molecule has 1 aromatic carbocycles. The minimum absolute atomic E-state index is 0.00257. The Balaban J connectivity index is 2.31. The largest absolute Gasteiger partial charge is 0.457 e. The Morgan fingerprint density at radius 1 is 1.06 bits per heavy atom. The molecule has 0 saturated heterocycles. The Morgan fingerprint density at radius 3 is 2.41 bits per heavy atom. The van der Waals surface area contributed by atoms with E-state index in [0.717, 1.165) is 0 Å². The third kappa shape index (κ3) is 4.76. The molecule has 0 aliphatic heterocycles. The number of aliphatic hydroxyl groups excluding tert-OH is 1. The van der Waals surface area contributed by atoms with Gasteiger partial charge in [0.05, 0.1) is 19.8 Å². The lowest BCUT2D eigenvalue weighted by Crippen LogP contribution is -2.20. The van der Waals surface area contributed by atoms with Gasteiger partial charge in [0.25, 0.3) is 5.78 Å². The average Bonchev–Trinajstić information content (AvgIpc) is 2.38. The molecule has 0 aliphatic rings. The molecule has 17 heavy (non-hydrogen) atoms. The standard InChI is InChI=1S/C12H14O5/c13-6-7-16-8-9-17-12(15)11(14)10-4-2-1-3-5-10/h1-5,13H,6-9H2. The Kier molecular flexibility index (Phi) is 5.92. The summed E-state index contributed by atoms with van der Waals surface area (Å²) < 4.78 is 9.59. The lowest BCUT2D eigenvalue weighted by atomic mass is 10.1. The van der Waals surface area contributed by atoms with Crippen LogP contribution in [-0.4, -0.2) is 43.3 Å². The van der Waals surface area contributed by atoms with Gasteiger partial charge in [0.15, 0.2) is 0 Å². The number of Topliss-reactive ketones (excluding diaryl/α,β-unsaturated/α-hetero) is 1. The van der Waals surface area contributed by atoms with Crippen LogP contribution in [0.3, 0.4) is 0 Å². The predicted molar refractivity (Wildman–Crippen MR) is 59.6 cm³/mol. The van der Waals surface area contributed by atoms with Gasteiger partial charge in [0.2, 0.25) is 0 Å². The third-order valence-corrected chi connectivity index (χ3v) is 1.92. The van der Waals surface area contributed by atoms with Gasteiger partial charge in [0.1, 0.15) is 6.61 Å². The topological polar surface area (TPSA) is 72.8 Å². The van der Waals surface area contributed by atoms with Crippen LogP contribution in [0, 0.1) is 0 Å². The number of esters is 1. The van der Waals surface area contributed by atoms with Crippen molar-refractivity contribution in [1.82, 2.24) is 0 Å². The van der Waals surface area contributed by atoms with Crippen LogP contribution in [0.25, 0.3) is 0 Å². The van der Waals surface area contributed by atoms with Gasteiger partial charge in [-0.2, -0.15) is 0 Å². The fourth-order valence-electron chi connectivity index (χ4n) is 1.13. The van der Waals surface area contributed by atoms with Crippen LogP contribution < -0.4 is 0 Å². The molecule has 0 unspecified atom stereocenters. The SMILES string of the molecule is O=C(OCCOCCO)C(=O)c1ccccc1. The van der Waals surface area contributed by atoms with Crippen molar-refractivity contribution in [2.75, 3.05) is 26.4 Å². The van der Waals surface area contributed by atoms with E-state index in [-0.39, 0.29) is 26.4 Å². The quantitative estimate of drug-likeness (QED) is 0.322. The minimum Gasteiger partial charge on any atom is -0.457 e. The molecule has 92 valence electrons. The van der Waals surface area contributed by atoms with Crippen molar-refractivity contribution < 1.29 is 24.2 Å². The van der Waals surface area contributed by atoms with E-state index in [1.54, 1.807) is 30.3 Å². The number of ether oxygens (including phenoxy) is 2. The summed E-state index contributed by atoms with van der Waals surface area (Å²) in [6.45, 7) is 0.257. The van der Waals surface area contributed by atoms with E-state index in [4.69, 9.17) is 14.6 Å². The molecule has 5 heteroatoms. The molecule has 0 heterocycles. The van der Waals surface area contributed by atoms with E-state index in [0.29, 0.717) is 5.56 Å². The zero-order valence-electron chi connectivity index (χ0n) is 9.30. The molecular formula is C12H14O5. The molecule has 0 saturated carbocycles. The van der Waals surface area contributed by atoms with Gasteiger partial charge in [-0.1, -0.05) is 30.3 Å². The smallest absolute Gasteiger partial charge is 0.379 e. The number of ketones is 1. The first-order valence-corrected chi connectivity index (χ1v) is 5.21. The average molecular weight is 238 g/mol. The molecule has 0 amide bonds. The van der Waals surface area contributed by atoms with E-state index < -0.39 is 11.8 Å². The molecular weight excluding hydrogens is 224 g/mol. The van der Waals surface area contributed by atoms with Gasteiger partial charge in [-0.15, -0.1) is 0 Å². The molecule has 0 aliphatic carbocycles. The first kappa shape index (κ1) is 13.3. The van der Waals surface area contributed by atoms with Crippen LogP contribution in [0.5, 0.6) is 0 Å². The van der Waals surface area contributed by atoms with Crippen molar-refractivity contribution >= 4 is 11.8 Å². The number of benzene rings is 1. The maximum atomic E-state index is 11.5. The van der Waals surface area contributed by atoms with Crippen LogP contribution in [0.2, 0.25) is 0 Å². The van der Waals surface area contributed by atoms with Crippen molar-refractivity contribution in [2.45, 2.75) is 0 Å². The Bertz CT molecular complexity index is 360. The molecule has 1 aromatic rings. The summed E-state index contributed by atoms with van der Waals surface area (Å²) in [4.78, 5) is 22.8.